The normalized spacial score (nSPS) is 11.5. The summed E-state index contributed by atoms with van der Waals surface area (Å²) >= 11 is 1.29. The van der Waals surface area contributed by atoms with Gasteiger partial charge < -0.3 is 10.1 Å². The highest BCUT2D eigenvalue weighted by atomic mass is 32.1. The molecule has 2 aromatic carbocycles. The van der Waals surface area contributed by atoms with Crippen LogP contribution in [0.25, 0.3) is 11.3 Å². The Labute approximate surface area is 166 Å². The van der Waals surface area contributed by atoms with Gasteiger partial charge in [0.15, 0.2) is 5.13 Å². The molecule has 1 atom stereocenters. The number of nitrogens with zero attached hydrogens (tertiary/aromatic N) is 1. The molecule has 0 bridgehead atoms. The van der Waals surface area contributed by atoms with Crippen LogP contribution in [0.5, 0.6) is 5.75 Å². The highest BCUT2D eigenvalue weighted by Crippen LogP contribution is 2.25. The lowest BCUT2D eigenvalue weighted by atomic mass is 9.99. The van der Waals surface area contributed by atoms with Gasteiger partial charge in [0.1, 0.15) is 11.5 Å². The Morgan fingerprint density at radius 1 is 1.11 bits per heavy atom. The van der Waals surface area contributed by atoms with Gasteiger partial charge in [-0.05, 0) is 18.6 Å². The number of para-hydroxylation sites is 1. The first kappa shape index (κ1) is 19.4. The molecule has 0 aliphatic heterocycles. The average Bonchev–Trinajstić information content (AvgIpc) is 3.18. The zero-order valence-electron chi connectivity index (χ0n) is 15.2. The Morgan fingerprint density at radius 2 is 1.75 bits per heavy atom. The number of carbonyl (C=O) groups is 2. The molecule has 1 aromatic heterocycles. The molecule has 0 spiro atoms. The molecule has 0 aliphatic carbocycles. The molecule has 142 valence electrons. The van der Waals surface area contributed by atoms with E-state index in [1.165, 1.54) is 11.3 Å². The minimum Gasteiger partial charge on any atom is -0.422 e. The summed E-state index contributed by atoms with van der Waals surface area (Å²) in [6.07, 6.45) is 0.297. The van der Waals surface area contributed by atoms with E-state index >= 15 is 0 Å². The number of anilines is 1. The van der Waals surface area contributed by atoms with Gasteiger partial charge >= 0.3 is 5.97 Å². The Bertz CT molecular complexity index is 971. The number of aromatic nitrogens is 1. The number of amides is 1. The first-order valence-corrected chi connectivity index (χ1v) is 9.64. The number of hydrogen-bond acceptors (Lipinski definition) is 6. The smallest absolute Gasteiger partial charge is 0.358 e. The van der Waals surface area contributed by atoms with Gasteiger partial charge in [-0.3, -0.25) is 10.2 Å². The van der Waals surface area contributed by atoms with Crippen LogP contribution >= 0.6 is 11.3 Å². The summed E-state index contributed by atoms with van der Waals surface area (Å²) in [5, 5.41) is 13.1. The number of ether oxygens (including phenoxy) is 1. The van der Waals surface area contributed by atoms with Gasteiger partial charge in [0.25, 0.3) is 0 Å². The molecule has 6 nitrogen and oxygen atoms in total. The maximum atomic E-state index is 12.6. The Kier molecular flexibility index (Phi) is 6.29. The molecular formula is C21H19N3O3S. The number of benzene rings is 2. The molecule has 3 rings (SSSR count). The maximum absolute atomic E-state index is 12.6. The van der Waals surface area contributed by atoms with E-state index in [2.05, 4.69) is 10.3 Å². The van der Waals surface area contributed by atoms with E-state index in [9.17, 15) is 9.59 Å². The fourth-order valence-corrected chi connectivity index (χ4v) is 3.30. The Balaban J connectivity index is 1.65. The molecule has 2 N–H and O–H groups in total. The molecule has 0 aliphatic rings. The van der Waals surface area contributed by atoms with Crippen molar-refractivity contribution >= 4 is 34.1 Å². The molecule has 7 heteroatoms. The quantitative estimate of drug-likeness (QED) is 0.353. The van der Waals surface area contributed by atoms with Gasteiger partial charge in [0.05, 0.1) is 11.6 Å². The van der Waals surface area contributed by atoms with Gasteiger partial charge in [0, 0.05) is 10.9 Å². The predicted molar refractivity (Wildman–Crippen MR) is 110 cm³/mol. The van der Waals surface area contributed by atoms with Crippen molar-refractivity contribution in [2.24, 2.45) is 5.92 Å². The SMILES string of the molecule is CCC(C(=N)C(=O)Oc1ccccc1)C(=O)Nc1nc(-c2ccccc2)cs1. The number of esters is 1. The van der Waals surface area contributed by atoms with Crippen molar-refractivity contribution in [3.8, 4) is 17.0 Å². The van der Waals surface area contributed by atoms with E-state index in [-0.39, 0.29) is 5.71 Å². The highest BCUT2D eigenvalue weighted by Gasteiger charge is 2.28. The largest absolute Gasteiger partial charge is 0.422 e. The summed E-state index contributed by atoms with van der Waals surface area (Å²) in [6.45, 7) is 1.74. The van der Waals surface area contributed by atoms with Gasteiger partial charge in [0.2, 0.25) is 5.91 Å². The summed E-state index contributed by atoms with van der Waals surface area (Å²) in [4.78, 5) is 29.2. The second-order valence-corrected chi connectivity index (χ2v) is 6.83. The molecule has 1 unspecified atom stereocenters. The predicted octanol–water partition coefficient (Wildman–Crippen LogP) is 4.40. The van der Waals surface area contributed by atoms with Crippen molar-refractivity contribution in [3.05, 3.63) is 66.0 Å². The van der Waals surface area contributed by atoms with Crippen molar-refractivity contribution < 1.29 is 14.3 Å². The standard InChI is InChI=1S/C21H19N3O3S/c1-2-16(18(22)20(26)27-15-11-7-4-8-12-15)19(25)24-21-23-17(13-28-21)14-9-5-3-6-10-14/h3-13,16,22H,2H2,1H3,(H,23,24,25). The number of nitrogens with one attached hydrogen (secondary N) is 2. The van der Waals surface area contributed by atoms with Gasteiger partial charge in [-0.15, -0.1) is 11.3 Å². The van der Waals surface area contributed by atoms with Crippen LogP contribution in [0.4, 0.5) is 5.13 Å². The summed E-state index contributed by atoms with van der Waals surface area (Å²) in [5.74, 6) is -1.87. The van der Waals surface area contributed by atoms with Crippen LogP contribution in [0.15, 0.2) is 66.0 Å². The summed E-state index contributed by atoms with van der Waals surface area (Å²) < 4.78 is 5.16. The third-order valence-corrected chi connectivity index (χ3v) is 4.81. The molecule has 0 radical (unpaired) electrons. The lowest BCUT2D eigenvalue weighted by molar-refractivity contribution is -0.128. The second kappa shape index (κ2) is 9.05. The maximum Gasteiger partial charge on any atom is 0.358 e. The van der Waals surface area contributed by atoms with Gasteiger partial charge in [-0.2, -0.15) is 0 Å². The van der Waals surface area contributed by atoms with Crippen molar-refractivity contribution in [1.82, 2.24) is 4.98 Å². The lowest BCUT2D eigenvalue weighted by Gasteiger charge is -2.14. The highest BCUT2D eigenvalue weighted by molar-refractivity contribution is 7.14. The van der Waals surface area contributed by atoms with Crippen LogP contribution < -0.4 is 10.1 Å². The molecule has 1 heterocycles. The zero-order chi connectivity index (χ0) is 19.9. The summed E-state index contributed by atoms with van der Waals surface area (Å²) in [6, 6.07) is 18.1. The van der Waals surface area contributed by atoms with Crippen LogP contribution in [0.3, 0.4) is 0 Å². The fourth-order valence-electron chi connectivity index (χ4n) is 2.58. The number of hydrogen-bond donors (Lipinski definition) is 2. The van der Waals surface area contributed by atoms with Crippen LogP contribution in [0.2, 0.25) is 0 Å². The van der Waals surface area contributed by atoms with E-state index in [4.69, 9.17) is 10.1 Å². The third kappa shape index (κ3) is 4.69. The van der Waals surface area contributed by atoms with Crippen molar-refractivity contribution in [3.63, 3.8) is 0 Å². The van der Waals surface area contributed by atoms with E-state index in [0.29, 0.717) is 17.3 Å². The first-order chi connectivity index (χ1) is 13.6. The van der Waals surface area contributed by atoms with Crippen LogP contribution in [0.1, 0.15) is 13.3 Å². The van der Waals surface area contributed by atoms with Crippen molar-refractivity contribution in [2.45, 2.75) is 13.3 Å². The molecule has 0 saturated carbocycles. The van der Waals surface area contributed by atoms with E-state index < -0.39 is 17.8 Å². The monoisotopic (exact) mass is 393 g/mol. The second-order valence-electron chi connectivity index (χ2n) is 5.97. The minimum atomic E-state index is -0.916. The molecule has 0 fully saturated rings. The third-order valence-electron chi connectivity index (χ3n) is 4.05. The Hall–Kier alpha value is -3.32. The van der Waals surface area contributed by atoms with E-state index in [1.807, 2.05) is 35.7 Å². The van der Waals surface area contributed by atoms with Crippen molar-refractivity contribution in [2.75, 3.05) is 5.32 Å². The summed E-state index contributed by atoms with van der Waals surface area (Å²) in [7, 11) is 0. The molecule has 1 amide bonds. The molecule has 0 saturated heterocycles. The molecule has 3 aromatic rings. The summed E-state index contributed by atoms with van der Waals surface area (Å²) in [5.41, 5.74) is 1.32. The minimum absolute atomic E-state index is 0.297. The zero-order valence-corrected chi connectivity index (χ0v) is 16.0. The van der Waals surface area contributed by atoms with E-state index in [0.717, 1.165) is 11.3 Å². The number of carbonyl (C=O) groups excluding carboxylic acids is 2. The fraction of sp³-hybridized carbons (Fsp3) is 0.143. The van der Waals surface area contributed by atoms with Gasteiger partial charge in [-0.1, -0.05) is 55.5 Å². The number of rotatable bonds is 7. The lowest BCUT2D eigenvalue weighted by Crippen LogP contribution is -2.35. The van der Waals surface area contributed by atoms with Crippen molar-refractivity contribution in [1.29, 1.82) is 5.41 Å². The molecular weight excluding hydrogens is 374 g/mol. The number of thiazole rings is 1. The molecule has 28 heavy (non-hydrogen) atoms. The van der Waals surface area contributed by atoms with Gasteiger partial charge in [-0.25, -0.2) is 9.78 Å². The topological polar surface area (TPSA) is 92.1 Å². The Morgan fingerprint density at radius 3 is 2.39 bits per heavy atom. The van der Waals surface area contributed by atoms with Crippen LogP contribution in [-0.2, 0) is 9.59 Å². The first-order valence-electron chi connectivity index (χ1n) is 8.76. The van der Waals surface area contributed by atoms with Crippen LogP contribution in [0, 0.1) is 11.3 Å². The van der Waals surface area contributed by atoms with Crippen LogP contribution in [-0.4, -0.2) is 22.6 Å². The van der Waals surface area contributed by atoms with E-state index in [1.54, 1.807) is 37.3 Å². The average molecular weight is 393 g/mol.